The number of aryl methyl sites for hydroxylation is 1. The van der Waals surface area contributed by atoms with Gasteiger partial charge in [0.05, 0.1) is 0 Å². The summed E-state index contributed by atoms with van der Waals surface area (Å²) in [5.41, 5.74) is 1.98. The Kier molecular flexibility index (Phi) is 4.15. The minimum Gasteiger partial charge on any atom is -0.410 e. The summed E-state index contributed by atoms with van der Waals surface area (Å²) in [7, 11) is 0. The number of carbonyl (C=O) groups excluding carboxylic acids is 2. The van der Waals surface area contributed by atoms with Gasteiger partial charge < -0.3 is 4.74 Å². The number of amides is 1. The van der Waals surface area contributed by atoms with Gasteiger partial charge in [0, 0.05) is 11.3 Å². The fourth-order valence-electron chi connectivity index (χ4n) is 1.71. The predicted octanol–water partition coefficient (Wildman–Crippen LogP) is 3.81. The van der Waals surface area contributed by atoms with E-state index in [9.17, 15) is 9.59 Å². The van der Waals surface area contributed by atoms with E-state index in [1.807, 2.05) is 13.0 Å². The molecule has 1 amide bonds. The highest BCUT2D eigenvalue weighted by Crippen LogP contribution is 2.18. The molecule has 0 aliphatic carbocycles. The van der Waals surface area contributed by atoms with Crippen LogP contribution in [0.25, 0.3) is 0 Å². The van der Waals surface area contributed by atoms with Crippen molar-refractivity contribution in [3.8, 4) is 5.75 Å². The maximum absolute atomic E-state index is 11.8. The van der Waals surface area contributed by atoms with Crippen LogP contribution in [0.5, 0.6) is 5.75 Å². The number of anilines is 1. The number of ketones is 1. The molecule has 0 fully saturated rings. The van der Waals surface area contributed by atoms with E-state index in [1.165, 1.54) is 6.92 Å². The maximum atomic E-state index is 11.8. The normalized spacial score (nSPS) is 9.90. The molecule has 2 aromatic carbocycles. The van der Waals surface area contributed by atoms with Gasteiger partial charge in [0.1, 0.15) is 5.75 Å². The van der Waals surface area contributed by atoms with Gasteiger partial charge in [0.2, 0.25) is 0 Å². The number of hydrogen-bond acceptors (Lipinski definition) is 3. The van der Waals surface area contributed by atoms with Crippen molar-refractivity contribution < 1.29 is 14.3 Å². The molecule has 0 aromatic heterocycles. The molecule has 0 heterocycles. The summed E-state index contributed by atoms with van der Waals surface area (Å²) < 4.78 is 5.14. The lowest BCUT2D eigenvalue weighted by Gasteiger charge is -2.10. The Morgan fingerprint density at radius 1 is 1.05 bits per heavy atom. The van der Waals surface area contributed by atoms with E-state index in [1.54, 1.807) is 42.5 Å². The van der Waals surface area contributed by atoms with Gasteiger partial charge in [-0.3, -0.25) is 10.1 Å². The first-order valence-electron chi connectivity index (χ1n) is 6.22. The molecular weight excluding hydrogens is 254 g/mol. The summed E-state index contributed by atoms with van der Waals surface area (Å²) in [6, 6.07) is 13.9. The largest absolute Gasteiger partial charge is 0.417 e. The molecule has 0 atom stereocenters. The minimum atomic E-state index is -0.583. The van der Waals surface area contributed by atoms with Crippen molar-refractivity contribution in [3.05, 3.63) is 59.7 Å². The van der Waals surface area contributed by atoms with E-state index in [4.69, 9.17) is 4.74 Å². The number of nitrogens with one attached hydrogen (secondary N) is 1. The number of Topliss-reactive ketones (excluding diaryl/α,β-unsaturated/α-hetero) is 1. The van der Waals surface area contributed by atoms with Gasteiger partial charge >= 0.3 is 6.09 Å². The molecule has 0 unspecified atom stereocenters. The lowest BCUT2D eigenvalue weighted by Crippen LogP contribution is -2.17. The molecule has 0 aliphatic rings. The molecule has 2 rings (SSSR count). The third-order valence-electron chi connectivity index (χ3n) is 2.83. The van der Waals surface area contributed by atoms with Crippen molar-refractivity contribution in [1.29, 1.82) is 0 Å². The van der Waals surface area contributed by atoms with Gasteiger partial charge in [-0.05, 0) is 37.6 Å². The van der Waals surface area contributed by atoms with Crippen molar-refractivity contribution in [3.63, 3.8) is 0 Å². The Morgan fingerprint density at radius 2 is 1.75 bits per heavy atom. The fourth-order valence-corrected chi connectivity index (χ4v) is 1.71. The first-order chi connectivity index (χ1) is 9.56. The van der Waals surface area contributed by atoms with Crippen molar-refractivity contribution in [1.82, 2.24) is 0 Å². The number of hydrogen-bond donors (Lipinski definition) is 1. The van der Waals surface area contributed by atoms with Crippen LogP contribution in [0.15, 0.2) is 48.5 Å². The Bertz CT molecular complexity index is 635. The van der Waals surface area contributed by atoms with Gasteiger partial charge in [-0.2, -0.15) is 0 Å². The quantitative estimate of drug-likeness (QED) is 0.862. The summed E-state index contributed by atoms with van der Waals surface area (Å²) >= 11 is 0. The van der Waals surface area contributed by atoms with Crippen molar-refractivity contribution in [2.24, 2.45) is 0 Å². The van der Waals surface area contributed by atoms with Gasteiger partial charge in [-0.1, -0.05) is 30.3 Å². The average molecular weight is 269 g/mol. The van der Waals surface area contributed by atoms with E-state index in [-0.39, 0.29) is 5.78 Å². The fraction of sp³-hybridized carbons (Fsp3) is 0.125. The Morgan fingerprint density at radius 3 is 2.40 bits per heavy atom. The highest BCUT2D eigenvalue weighted by atomic mass is 16.6. The van der Waals surface area contributed by atoms with Crippen LogP contribution in [0.4, 0.5) is 10.5 Å². The number of carbonyl (C=O) groups is 2. The molecule has 4 nitrogen and oxygen atoms in total. The second-order valence-electron chi connectivity index (χ2n) is 4.41. The number of ether oxygens (including phenoxy) is 1. The van der Waals surface area contributed by atoms with Crippen molar-refractivity contribution in [2.75, 3.05) is 5.32 Å². The zero-order valence-electron chi connectivity index (χ0n) is 11.3. The highest BCUT2D eigenvalue weighted by Gasteiger charge is 2.09. The van der Waals surface area contributed by atoms with E-state index in [0.29, 0.717) is 17.0 Å². The Hall–Kier alpha value is -2.62. The lowest BCUT2D eigenvalue weighted by atomic mass is 10.1. The van der Waals surface area contributed by atoms with E-state index >= 15 is 0 Å². The zero-order chi connectivity index (χ0) is 14.5. The molecule has 4 heteroatoms. The maximum Gasteiger partial charge on any atom is 0.417 e. The number of benzene rings is 2. The molecule has 102 valence electrons. The van der Waals surface area contributed by atoms with E-state index in [2.05, 4.69) is 5.32 Å². The van der Waals surface area contributed by atoms with Crippen molar-refractivity contribution >= 4 is 17.6 Å². The van der Waals surface area contributed by atoms with E-state index in [0.717, 1.165) is 5.56 Å². The van der Waals surface area contributed by atoms with Crippen LogP contribution in [0.3, 0.4) is 0 Å². The summed E-state index contributed by atoms with van der Waals surface area (Å²) in [4.78, 5) is 23.1. The molecule has 0 saturated heterocycles. The SMILES string of the molecule is CC(=O)c1ccc(C)c(NC(=O)Oc2ccccc2)c1. The Labute approximate surface area is 117 Å². The first-order valence-corrected chi connectivity index (χ1v) is 6.22. The van der Waals surface area contributed by atoms with Crippen LogP contribution in [-0.4, -0.2) is 11.9 Å². The van der Waals surface area contributed by atoms with Crippen LogP contribution >= 0.6 is 0 Å². The average Bonchev–Trinajstić information content (AvgIpc) is 2.42. The minimum absolute atomic E-state index is 0.0514. The highest BCUT2D eigenvalue weighted by molar-refractivity contribution is 5.96. The van der Waals surface area contributed by atoms with Crippen molar-refractivity contribution in [2.45, 2.75) is 13.8 Å². The molecule has 0 aliphatic heterocycles. The van der Waals surface area contributed by atoms with E-state index < -0.39 is 6.09 Å². The summed E-state index contributed by atoms with van der Waals surface area (Å²) in [6.45, 7) is 3.33. The van der Waals surface area contributed by atoms with Crippen LogP contribution in [-0.2, 0) is 0 Å². The van der Waals surface area contributed by atoms with Crippen LogP contribution < -0.4 is 10.1 Å². The number of para-hydroxylation sites is 1. The molecule has 0 saturated carbocycles. The predicted molar refractivity (Wildman–Crippen MR) is 77.3 cm³/mol. The van der Waals surface area contributed by atoms with Crippen LogP contribution in [0.1, 0.15) is 22.8 Å². The molecule has 1 N–H and O–H groups in total. The summed E-state index contributed by atoms with van der Waals surface area (Å²) in [6.07, 6.45) is -0.583. The smallest absolute Gasteiger partial charge is 0.410 e. The van der Waals surface area contributed by atoms with Gasteiger partial charge in [-0.25, -0.2) is 4.79 Å². The monoisotopic (exact) mass is 269 g/mol. The van der Waals surface area contributed by atoms with Gasteiger partial charge in [-0.15, -0.1) is 0 Å². The number of rotatable bonds is 3. The van der Waals surface area contributed by atoms with Crippen LogP contribution in [0, 0.1) is 6.92 Å². The second-order valence-corrected chi connectivity index (χ2v) is 4.41. The molecule has 2 aromatic rings. The van der Waals surface area contributed by atoms with Crippen LogP contribution in [0.2, 0.25) is 0 Å². The second kappa shape index (κ2) is 6.02. The lowest BCUT2D eigenvalue weighted by molar-refractivity contribution is 0.101. The first kappa shape index (κ1) is 13.8. The molecular formula is C16H15NO3. The summed E-state index contributed by atoms with van der Waals surface area (Å²) in [5, 5.41) is 2.64. The Balaban J connectivity index is 2.11. The van der Waals surface area contributed by atoms with Gasteiger partial charge in [0.15, 0.2) is 5.78 Å². The molecule has 0 spiro atoms. The molecule has 0 radical (unpaired) electrons. The van der Waals surface area contributed by atoms with Gasteiger partial charge in [0.25, 0.3) is 0 Å². The molecule has 20 heavy (non-hydrogen) atoms. The third kappa shape index (κ3) is 3.45. The summed E-state index contributed by atoms with van der Waals surface area (Å²) in [5.74, 6) is 0.412. The third-order valence-corrected chi connectivity index (χ3v) is 2.83. The topological polar surface area (TPSA) is 55.4 Å². The molecule has 0 bridgehead atoms. The standard InChI is InChI=1S/C16H15NO3/c1-11-8-9-13(12(2)18)10-15(11)17-16(19)20-14-6-4-3-5-7-14/h3-10H,1-2H3,(H,17,19). The zero-order valence-corrected chi connectivity index (χ0v) is 11.3.